The van der Waals surface area contributed by atoms with Gasteiger partial charge in [0, 0.05) is 18.2 Å². The van der Waals surface area contributed by atoms with E-state index in [0.717, 1.165) is 22.5 Å². The predicted octanol–water partition coefficient (Wildman–Crippen LogP) is 3.73. The van der Waals surface area contributed by atoms with Crippen LogP contribution in [0, 0.1) is 13.8 Å². The molecule has 0 saturated carbocycles. The maximum absolute atomic E-state index is 12.0. The fourth-order valence-corrected chi connectivity index (χ4v) is 2.50. The first kappa shape index (κ1) is 14.3. The van der Waals surface area contributed by atoms with Crippen LogP contribution < -0.4 is 5.56 Å². The molecule has 3 nitrogen and oxygen atoms in total. The van der Waals surface area contributed by atoms with Crippen LogP contribution in [-0.2, 0) is 7.05 Å². The van der Waals surface area contributed by atoms with Gasteiger partial charge in [0.05, 0.1) is 17.6 Å². The van der Waals surface area contributed by atoms with Crippen LogP contribution >= 0.6 is 0 Å². The van der Waals surface area contributed by atoms with Gasteiger partial charge in [0.1, 0.15) is 0 Å². The number of benzene rings is 2. The molecule has 0 N–H and O–H groups in total. The predicted molar refractivity (Wildman–Crippen MR) is 89.8 cm³/mol. The van der Waals surface area contributed by atoms with Gasteiger partial charge >= 0.3 is 0 Å². The summed E-state index contributed by atoms with van der Waals surface area (Å²) in [4.78, 5) is 16.4. The Balaban J connectivity index is 2.27. The van der Waals surface area contributed by atoms with E-state index in [1.54, 1.807) is 11.6 Å². The second-order valence-corrected chi connectivity index (χ2v) is 5.58. The van der Waals surface area contributed by atoms with E-state index in [-0.39, 0.29) is 5.56 Å². The number of aryl methyl sites for hydroxylation is 2. The molecule has 0 saturated heterocycles. The number of nitrogens with zero attached hydrogens (tertiary/aromatic N) is 2. The van der Waals surface area contributed by atoms with Gasteiger partial charge < -0.3 is 4.57 Å². The van der Waals surface area contributed by atoms with Gasteiger partial charge in [-0.2, -0.15) is 0 Å². The van der Waals surface area contributed by atoms with Crippen molar-refractivity contribution in [1.82, 2.24) is 9.55 Å². The van der Waals surface area contributed by atoms with E-state index < -0.39 is 0 Å². The normalized spacial score (nSPS) is 10.7. The minimum absolute atomic E-state index is 0.105. The van der Waals surface area contributed by atoms with E-state index in [1.807, 2.05) is 43.3 Å². The van der Waals surface area contributed by atoms with E-state index >= 15 is 0 Å². The SMILES string of the molecule is Cc1ccc(-c2ncc(=O)n(C)c2-c2ccc(C)cc2)cc1. The molecule has 0 bridgehead atoms. The summed E-state index contributed by atoms with van der Waals surface area (Å²) in [5, 5.41) is 0. The second kappa shape index (κ2) is 5.60. The third-order valence-electron chi connectivity index (χ3n) is 3.84. The Kier molecular flexibility index (Phi) is 3.63. The quantitative estimate of drug-likeness (QED) is 0.721. The van der Waals surface area contributed by atoms with Gasteiger partial charge in [-0.1, -0.05) is 59.7 Å². The molecule has 3 aromatic rings. The molecule has 110 valence electrons. The van der Waals surface area contributed by atoms with Crippen LogP contribution in [0.5, 0.6) is 0 Å². The lowest BCUT2D eigenvalue weighted by Gasteiger charge is -2.13. The lowest BCUT2D eigenvalue weighted by molar-refractivity contribution is 0.854. The molecule has 22 heavy (non-hydrogen) atoms. The Bertz CT molecular complexity index is 859. The van der Waals surface area contributed by atoms with Crippen LogP contribution in [-0.4, -0.2) is 9.55 Å². The third-order valence-corrected chi connectivity index (χ3v) is 3.84. The molecule has 3 heteroatoms. The van der Waals surface area contributed by atoms with Crippen molar-refractivity contribution in [3.05, 3.63) is 76.2 Å². The Morgan fingerprint density at radius 1 is 0.818 bits per heavy atom. The van der Waals surface area contributed by atoms with Gasteiger partial charge in [-0.25, -0.2) is 4.98 Å². The minimum Gasteiger partial charge on any atom is -0.308 e. The molecule has 0 amide bonds. The molecular weight excluding hydrogens is 272 g/mol. The Hall–Kier alpha value is -2.68. The molecule has 0 aliphatic heterocycles. The first-order chi connectivity index (χ1) is 10.6. The van der Waals surface area contributed by atoms with Crippen LogP contribution in [0.3, 0.4) is 0 Å². The number of rotatable bonds is 2. The average molecular weight is 290 g/mol. The summed E-state index contributed by atoms with van der Waals surface area (Å²) in [6.07, 6.45) is 1.38. The third kappa shape index (κ3) is 2.58. The standard InChI is InChI=1S/C19H18N2O/c1-13-4-8-15(9-5-13)18-19(21(3)17(22)12-20-18)16-10-6-14(2)7-11-16/h4-12H,1-3H3. The molecule has 0 aliphatic carbocycles. The molecular formula is C19H18N2O. The van der Waals surface area contributed by atoms with Gasteiger partial charge in [-0.15, -0.1) is 0 Å². The summed E-state index contributed by atoms with van der Waals surface area (Å²) >= 11 is 0. The smallest absolute Gasteiger partial charge is 0.269 e. The van der Waals surface area contributed by atoms with Crippen molar-refractivity contribution in [3.8, 4) is 22.5 Å². The maximum Gasteiger partial charge on any atom is 0.269 e. The molecule has 3 rings (SSSR count). The number of aromatic nitrogens is 2. The van der Waals surface area contributed by atoms with Gasteiger partial charge in [0.15, 0.2) is 0 Å². The van der Waals surface area contributed by atoms with E-state index in [2.05, 4.69) is 24.0 Å². The summed E-state index contributed by atoms with van der Waals surface area (Å²) in [7, 11) is 1.79. The van der Waals surface area contributed by atoms with Gasteiger partial charge in [-0.3, -0.25) is 4.79 Å². The molecule has 1 heterocycles. The monoisotopic (exact) mass is 290 g/mol. The molecule has 2 aromatic carbocycles. The summed E-state index contributed by atoms with van der Waals surface area (Å²) in [6.45, 7) is 4.10. The van der Waals surface area contributed by atoms with Crippen molar-refractivity contribution in [1.29, 1.82) is 0 Å². The van der Waals surface area contributed by atoms with Crippen molar-refractivity contribution in [2.24, 2.45) is 7.05 Å². The lowest BCUT2D eigenvalue weighted by atomic mass is 10.0. The zero-order valence-electron chi connectivity index (χ0n) is 13.0. The topological polar surface area (TPSA) is 34.9 Å². The van der Waals surface area contributed by atoms with Gasteiger partial charge in [-0.05, 0) is 13.8 Å². The number of hydrogen-bond acceptors (Lipinski definition) is 2. The summed E-state index contributed by atoms with van der Waals surface area (Å²) in [5.74, 6) is 0. The van der Waals surface area contributed by atoms with Gasteiger partial charge in [0.2, 0.25) is 0 Å². The number of hydrogen-bond donors (Lipinski definition) is 0. The molecule has 0 aliphatic rings. The molecule has 0 spiro atoms. The highest BCUT2D eigenvalue weighted by molar-refractivity contribution is 5.78. The van der Waals surface area contributed by atoms with E-state index in [4.69, 9.17) is 0 Å². The van der Waals surface area contributed by atoms with Crippen LogP contribution in [0.4, 0.5) is 0 Å². The highest BCUT2D eigenvalue weighted by Crippen LogP contribution is 2.29. The van der Waals surface area contributed by atoms with Crippen molar-refractivity contribution < 1.29 is 0 Å². The molecule has 0 fully saturated rings. The van der Waals surface area contributed by atoms with Crippen LogP contribution in [0.15, 0.2) is 59.5 Å². The lowest BCUT2D eigenvalue weighted by Crippen LogP contribution is -2.19. The van der Waals surface area contributed by atoms with Crippen LogP contribution in [0.2, 0.25) is 0 Å². The first-order valence-corrected chi connectivity index (χ1v) is 7.26. The van der Waals surface area contributed by atoms with Crippen molar-refractivity contribution in [2.75, 3.05) is 0 Å². The maximum atomic E-state index is 12.0. The van der Waals surface area contributed by atoms with Crippen molar-refractivity contribution in [2.45, 2.75) is 13.8 Å². The van der Waals surface area contributed by atoms with Crippen LogP contribution in [0.1, 0.15) is 11.1 Å². The largest absolute Gasteiger partial charge is 0.308 e. The molecule has 0 atom stereocenters. The highest BCUT2D eigenvalue weighted by atomic mass is 16.1. The van der Waals surface area contributed by atoms with Crippen molar-refractivity contribution in [3.63, 3.8) is 0 Å². The van der Waals surface area contributed by atoms with Crippen LogP contribution in [0.25, 0.3) is 22.5 Å². The molecule has 0 radical (unpaired) electrons. The molecule has 1 aromatic heterocycles. The first-order valence-electron chi connectivity index (χ1n) is 7.26. The minimum atomic E-state index is -0.105. The summed E-state index contributed by atoms with van der Waals surface area (Å²) in [6, 6.07) is 16.4. The van der Waals surface area contributed by atoms with Gasteiger partial charge in [0.25, 0.3) is 5.56 Å². The highest BCUT2D eigenvalue weighted by Gasteiger charge is 2.13. The summed E-state index contributed by atoms with van der Waals surface area (Å²) < 4.78 is 1.66. The fourth-order valence-electron chi connectivity index (χ4n) is 2.50. The summed E-state index contributed by atoms with van der Waals surface area (Å²) in [5.41, 5.74) is 5.96. The zero-order valence-corrected chi connectivity index (χ0v) is 13.0. The Labute approximate surface area is 129 Å². The average Bonchev–Trinajstić information content (AvgIpc) is 2.52. The van der Waals surface area contributed by atoms with E-state index in [1.165, 1.54) is 17.3 Å². The van der Waals surface area contributed by atoms with Crippen molar-refractivity contribution >= 4 is 0 Å². The fraction of sp³-hybridized carbons (Fsp3) is 0.158. The van der Waals surface area contributed by atoms with E-state index in [0.29, 0.717) is 0 Å². The molecule has 0 unspecified atom stereocenters. The van der Waals surface area contributed by atoms with E-state index in [9.17, 15) is 4.79 Å². The Morgan fingerprint density at radius 2 is 1.32 bits per heavy atom. The Morgan fingerprint density at radius 3 is 1.86 bits per heavy atom. The second-order valence-electron chi connectivity index (χ2n) is 5.58. The zero-order chi connectivity index (χ0) is 15.7.